The van der Waals surface area contributed by atoms with Gasteiger partial charge in [-0.15, -0.1) is 0 Å². The molecule has 14 atom stereocenters. The van der Waals surface area contributed by atoms with Gasteiger partial charge < -0.3 is 38.4 Å². The molecular formula is C36H58N2O11. The number of ether oxygens (including phenoxy) is 6. The number of likely N-dealkylation sites (N-methyl/N-ethyl adjacent to an activating group) is 1. The molecule has 4 fully saturated rings. The van der Waals surface area contributed by atoms with Crippen molar-refractivity contribution >= 4 is 23.8 Å². The Kier molecular flexibility index (Phi) is 12.0. The lowest BCUT2D eigenvalue weighted by Crippen LogP contribution is -2.60. The van der Waals surface area contributed by atoms with Crippen LogP contribution in [0.4, 0.5) is 4.79 Å². The van der Waals surface area contributed by atoms with Gasteiger partial charge in [-0.25, -0.2) is 4.79 Å². The molecule has 4 aliphatic rings. The van der Waals surface area contributed by atoms with Gasteiger partial charge >= 0.3 is 18.0 Å². The predicted molar refractivity (Wildman–Crippen MR) is 178 cm³/mol. The molecule has 13 nitrogen and oxygen atoms in total. The quantitative estimate of drug-likeness (QED) is 0.137. The highest BCUT2D eigenvalue weighted by Crippen LogP contribution is 2.54. The van der Waals surface area contributed by atoms with Crippen LogP contribution in [0.1, 0.15) is 81.6 Å². The predicted octanol–water partition coefficient (Wildman–Crippen LogP) is 3.49. The van der Waals surface area contributed by atoms with Crippen LogP contribution in [0.2, 0.25) is 0 Å². The van der Waals surface area contributed by atoms with E-state index in [1.807, 2.05) is 53.6 Å². The number of cyclic esters (lactones) is 1. The number of hydrogen-bond acceptors (Lipinski definition) is 12. The first-order valence-electron chi connectivity index (χ1n) is 17.6. The number of esters is 2. The van der Waals surface area contributed by atoms with Crippen molar-refractivity contribution in [1.82, 2.24) is 9.80 Å². The van der Waals surface area contributed by atoms with E-state index in [-0.39, 0.29) is 42.7 Å². The summed E-state index contributed by atoms with van der Waals surface area (Å²) in [6, 6.07) is -0.829. The van der Waals surface area contributed by atoms with E-state index in [1.165, 1.54) is 13.8 Å². The highest BCUT2D eigenvalue weighted by atomic mass is 16.7. The van der Waals surface area contributed by atoms with Gasteiger partial charge in [0.15, 0.2) is 23.8 Å². The molecule has 0 bridgehead atoms. The molecule has 0 spiro atoms. The number of fused-ring (bicyclic) bond motifs is 1. The first-order chi connectivity index (χ1) is 22.9. The van der Waals surface area contributed by atoms with Crippen LogP contribution in [0.25, 0.3) is 0 Å². The van der Waals surface area contributed by atoms with Crippen LogP contribution in [0.3, 0.4) is 0 Å². The number of hydrogen-bond donors (Lipinski definition) is 1. The SMILES string of the molecule is CC[C@H]1OC(=O)[C@H](C)C(=O)[C@H](C)[C@@H](O[C@@H]2O[C@H](C)C[C@H](N(C)C)[C@H]2OC(C)=O)[C@](C)(OC)C[C@@H](C)/C(=C\CO)[C@H](C)C2C3N2C(=O)O[C@@]31C. The van der Waals surface area contributed by atoms with E-state index < -0.39 is 71.5 Å². The Bertz CT molecular complexity index is 1290. The average Bonchev–Trinajstić information content (AvgIpc) is 3.74. The summed E-state index contributed by atoms with van der Waals surface area (Å²) in [5.74, 6) is -4.13. The van der Waals surface area contributed by atoms with Crippen LogP contribution < -0.4 is 0 Å². The molecule has 4 aliphatic heterocycles. The summed E-state index contributed by atoms with van der Waals surface area (Å²) in [6.45, 7) is 15.8. The molecule has 4 saturated heterocycles. The minimum atomic E-state index is -1.18. The molecule has 0 saturated carbocycles. The summed E-state index contributed by atoms with van der Waals surface area (Å²) in [4.78, 5) is 57.1. The molecule has 0 aromatic heterocycles. The average molecular weight is 695 g/mol. The third-order valence-electron chi connectivity index (χ3n) is 11.5. The van der Waals surface area contributed by atoms with E-state index in [2.05, 4.69) is 0 Å². The van der Waals surface area contributed by atoms with Crippen molar-refractivity contribution in [1.29, 1.82) is 0 Å². The number of carbonyl (C=O) groups excluding carboxylic acids is 4. The van der Waals surface area contributed by atoms with Crippen molar-refractivity contribution in [3.05, 3.63) is 11.6 Å². The van der Waals surface area contributed by atoms with Crippen LogP contribution in [-0.4, -0.2) is 127 Å². The molecule has 0 aliphatic carbocycles. The number of methoxy groups -OCH3 is 1. The number of ketones is 1. The fourth-order valence-corrected chi connectivity index (χ4v) is 8.75. The molecule has 49 heavy (non-hydrogen) atoms. The maximum Gasteiger partial charge on any atom is 0.411 e. The summed E-state index contributed by atoms with van der Waals surface area (Å²) < 4.78 is 37.0. The second-order valence-electron chi connectivity index (χ2n) is 15.2. The van der Waals surface area contributed by atoms with Crippen LogP contribution >= 0.6 is 0 Å². The number of aliphatic hydroxyl groups is 1. The van der Waals surface area contributed by atoms with Gasteiger partial charge in [0.25, 0.3) is 0 Å². The Morgan fingerprint density at radius 2 is 1.76 bits per heavy atom. The van der Waals surface area contributed by atoms with Gasteiger partial charge in [0.2, 0.25) is 0 Å². The monoisotopic (exact) mass is 694 g/mol. The van der Waals surface area contributed by atoms with Crippen LogP contribution in [-0.2, 0) is 42.8 Å². The second-order valence-corrected chi connectivity index (χ2v) is 15.2. The van der Waals surface area contributed by atoms with Crippen LogP contribution in [0.5, 0.6) is 0 Å². The summed E-state index contributed by atoms with van der Waals surface area (Å²) >= 11 is 0. The molecule has 1 N–H and O–H groups in total. The van der Waals surface area contributed by atoms with E-state index in [1.54, 1.807) is 31.9 Å². The summed E-state index contributed by atoms with van der Waals surface area (Å²) in [6.07, 6.45) is -1.31. The zero-order chi connectivity index (χ0) is 36.7. The normalized spacial score (nSPS) is 44.2. The molecule has 278 valence electrons. The number of rotatable bonds is 7. The largest absolute Gasteiger partial charge is 0.458 e. The van der Waals surface area contributed by atoms with E-state index in [0.717, 1.165) is 5.57 Å². The maximum absolute atomic E-state index is 14.3. The van der Waals surface area contributed by atoms with Crippen molar-refractivity contribution in [2.45, 2.75) is 142 Å². The van der Waals surface area contributed by atoms with Crippen molar-refractivity contribution in [3.63, 3.8) is 0 Å². The highest BCUT2D eigenvalue weighted by molar-refractivity contribution is 6.00. The smallest absolute Gasteiger partial charge is 0.411 e. The van der Waals surface area contributed by atoms with Gasteiger partial charge in [-0.3, -0.25) is 19.3 Å². The van der Waals surface area contributed by atoms with Crippen molar-refractivity contribution in [3.8, 4) is 0 Å². The minimum Gasteiger partial charge on any atom is -0.458 e. The van der Waals surface area contributed by atoms with Gasteiger partial charge in [-0.2, -0.15) is 0 Å². The zero-order valence-corrected chi connectivity index (χ0v) is 31.3. The van der Waals surface area contributed by atoms with Crippen LogP contribution in [0.15, 0.2) is 11.6 Å². The Labute approximate surface area is 290 Å². The summed E-state index contributed by atoms with van der Waals surface area (Å²) in [5, 5.41) is 10.2. The van der Waals surface area contributed by atoms with Crippen molar-refractivity contribution in [2.75, 3.05) is 27.8 Å². The van der Waals surface area contributed by atoms with Crippen LogP contribution in [0, 0.1) is 23.7 Å². The van der Waals surface area contributed by atoms with Gasteiger partial charge in [0.05, 0.1) is 42.5 Å². The van der Waals surface area contributed by atoms with E-state index in [0.29, 0.717) is 19.3 Å². The molecular weight excluding hydrogens is 636 g/mol. The number of amides is 1. The fraction of sp³-hybridized carbons (Fsp3) is 0.833. The standard InChI is InChI=1S/C36H58N2O11/c1-13-26-36(9)30-27(38(30)34(43)49-36)20(4)24(14-15-39)18(2)17-35(8,44-12)31(21(5)28(41)22(6)32(42)47-26)48-33-29(46-23(7)40)25(37(10)11)16-19(3)45-33/h14,18-22,25-27,29-31,33,39H,13,15-17H2,1-12H3/b24-14+/t18-,19-,20+,21+,22-,25+,26-,27?,29-,30?,31-,33+,35-,36-,38?/m1/s1. The van der Waals surface area contributed by atoms with E-state index >= 15 is 0 Å². The lowest BCUT2D eigenvalue weighted by Gasteiger charge is -2.47. The summed E-state index contributed by atoms with van der Waals surface area (Å²) in [5.41, 5.74) is -1.36. The Balaban J connectivity index is 1.82. The lowest BCUT2D eigenvalue weighted by atomic mass is 9.74. The lowest BCUT2D eigenvalue weighted by molar-refractivity contribution is -0.298. The zero-order valence-electron chi connectivity index (χ0n) is 31.3. The number of nitrogens with zero attached hydrogens (tertiary/aromatic N) is 2. The first kappa shape index (κ1) is 39.2. The Hall–Kier alpha value is -2.58. The van der Waals surface area contributed by atoms with Crippen molar-refractivity contribution in [2.24, 2.45) is 23.7 Å². The van der Waals surface area contributed by atoms with Gasteiger partial charge in [-0.1, -0.05) is 39.3 Å². The van der Waals surface area contributed by atoms with Gasteiger partial charge in [0, 0.05) is 25.9 Å². The molecule has 0 radical (unpaired) electrons. The number of aliphatic hydroxyl groups excluding tert-OH is 1. The third kappa shape index (κ3) is 7.42. The molecule has 4 heterocycles. The molecule has 2 unspecified atom stereocenters. The maximum atomic E-state index is 14.3. The number of Topliss-reactive ketones (excluding diaryl/α,β-unsaturated/α-hetero) is 1. The van der Waals surface area contributed by atoms with Crippen molar-refractivity contribution < 1.29 is 52.7 Å². The van der Waals surface area contributed by atoms with E-state index in [4.69, 9.17) is 28.4 Å². The molecule has 1 amide bonds. The van der Waals surface area contributed by atoms with E-state index in [9.17, 15) is 24.3 Å². The molecule has 13 heteroatoms. The van der Waals surface area contributed by atoms with Gasteiger partial charge in [0.1, 0.15) is 12.0 Å². The third-order valence-corrected chi connectivity index (χ3v) is 11.5. The molecule has 4 rings (SSSR count). The molecule has 0 aromatic carbocycles. The summed E-state index contributed by atoms with van der Waals surface area (Å²) in [7, 11) is 5.34. The topological polar surface area (TPSA) is 150 Å². The fourth-order valence-electron chi connectivity index (χ4n) is 8.75. The minimum absolute atomic E-state index is 0.187. The second kappa shape index (κ2) is 15.0. The first-order valence-corrected chi connectivity index (χ1v) is 17.6. The van der Waals surface area contributed by atoms with Gasteiger partial charge in [-0.05, 0) is 67.0 Å². The Morgan fingerprint density at radius 3 is 2.31 bits per heavy atom. The number of carbonyl (C=O) groups is 4. The highest BCUT2D eigenvalue weighted by Gasteiger charge is 2.73. The Morgan fingerprint density at radius 1 is 1.10 bits per heavy atom. The molecule has 0 aromatic rings.